The molecule has 8 atom stereocenters. The maximum atomic E-state index is 12.7. The summed E-state index contributed by atoms with van der Waals surface area (Å²) in [7, 11) is 0. The number of aliphatic carboxylic acids is 1. The molecule has 4 fully saturated rings. The minimum absolute atomic E-state index is 0.0382. The SMILES string of the molecule is CC(=O)[C@@H]1CC[C@H]2[C@H]3CCC4=C/C(=N\OCC(=O)N[C@@H](CC(=O)O)[C@@H]5CCOC(C)(C)C5)CC[C@]4(C)[C@@H]3CC[C@]12C. The van der Waals surface area contributed by atoms with E-state index < -0.39 is 12.0 Å². The lowest BCUT2D eigenvalue weighted by Gasteiger charge is -2.58. The highest BCUT2D eigenvalue weighted by Gasteiger charge is 2.59. The van der Waals surface area contributed by atoms with Crippen LogP contribution in [0.5, 0.6) is 0 Å². The first kappa shape index (κ1) is 30.2. The number of nitrogens with one attached hydrogen (secondary N) is 1. The molecule has 1 amide bonds. The van der Waals surface area contributed by atoms with E-state index in [4.69, 9.17) is 9.57 Å². The predicted octanol–water partition coefficient (Wildman–Crippen LogP) is 5.69. The normalized spacial score (nSPS) is 39.5. The molecular weight excluding hydrogens is 520 g/mol. The highest BCUT2D eigenvalue weighted by molar-refractivity contribution is 5.96. The third kappa shape index (κ3) is 6.00. The number of Topliss-reactive ketones (excluding diaryl/α,β-unsaturated/α-hetero) is 1. The summed E-state index contributed by atoms with van der Waals surface area (Å²) >= 11 is 0. The van der Waals surface area contributed by atoms with E-state index in [1.165, 1.54) is 24.8 Å². The van der Waals surface area contributed by atoms with Gasteiger partial charge in [0.15, 0.2) is 6.61 Å². The lowest BCUT2D eigenvalue weighted by atomic mass is 9.46. The Morgan fingerprint density at radius 1 is 1.07 bits per heavy atom. The van der Waals surface area contributed by atoms with Crippen molar-refractivity contribution in [3.63, 3.8) is 0 Å². The molecule has 1 heterocycles. The molecule has 0 spiro atoms. The molecule has 0 aromatic heterocycles. The maximum absolute atomic E-state index is 12.7. The van der Waals surface area contributed by atoms with E-state index >= 15 is 0 Å². The average molecular weight is 571 g/mol. The monoisotopic (exact) mass is 570 g/mol. The Kier molecular flexibility index (Phi) is 8.45. The summed E-state index contributed by atoms with van der Waals surface area (Å²) in [5, 5.41) is 16.7. The van der Waals surface area contributed by atoms with Gasteiger partial charge in [0.1, 0.15) is 5.78 Å². The molecule has 0 unspecified atom stereocenters. The van der Waals surface area contributed by atoms with Crippen LogP contribution in [0.15, 0.2) is 16.8 Å². The van der Waals surface area contributed by atoms with Crippen molar-refractivity contribution in [3.05, 3.63) is 11.6 Å². The van der Waals surface area contributed by atoms with Gasteiger partial charge in [-0.2, -0.15) is 0 Å². The van der Waals surface area contributed by atoms with Gasteiger partial charge < -0.3 is 20.0 Å². The van der Waals surface area contributed by atoms with Crippen LogP contribution in [0.2, 0.25) is 0 Å². The van der Waals surface area contributed by atoms with Crippen LogP contribution in [0.3, 0.4) is 0 Å². The third-order valence-corrected chi connectivity index (χ3v) is 11.9. The van der Waals surface area contributed by atoms with Gasteiger partial charge in [-0.3, -0.25) is 14.4 Å². The first-order valence-electron chi connectivity index (χ1n) is 15.9. The van der Waals surface area contributed by atoms with E-state index in [0.717, 1.165) is 44.2 Å². The van der Waals surface area contributed by atoms with Crippen LogP contribution < -0.4 is 5.32 Å². The van der Waals surface area contributed by atoms with Crippen molar-refractivity contribution >= 4 is 23.4 Å². The van der Waals surface area contributed by atoms with E-state index in [-0.39, 0.29) is 47.2 Å². The van der Waals surface area contributed by atoms with Gasteiger partial charge in [0.25, 0.3) is 5.91 Å². The number of amides is 1. The van der Waals surface area contributed by atoms with Crippen molar-refractivity contribution in [3.8, 4) is 0 Å². The highest BCUT2D eigenvalue weighted by atomic mass is 16.6. The smallest absolute Gasteiger partial charge is 0.305 e. The summed E-state index contributed by atoms with van der Waals surface area (Å²) in [5.74, 6) is 1.39. The van der Waals surface area contributed by atoms with Crippen molar-refractivity contribution in [1.29, 1.82) is 0 Å². The number of carbonyl (C=O) groups is 3. The number of fused-ring (bicyclic) bond motifs is 5. The van der Waals surface area contributed by atoms with Gasteiger partial charge in [-0.1, -0.05) is 24.6 Å². The zero-order valence-electron chi connectivity index (χ0n) is 25.7. The van der Waals surface area contributed by atoms with Crippen molar-refractivity contribution in [2.45, 2.75) is 117 Å². The molecule has 41 heavy (non-hydrogen) atoms. The van der Waals surface area contributed by atoms with Crippen molar-refractivity contribution in [2.75, 3.05) is 13.2 Å². The van der Waals surface area contributed by atoms with Gasteiger partial charge in [0.2, 0.25) is 0 Å². The number of carboxylic acid groups (broad SMARTS) is 1. The molecule has 8 heteroatoms. The van der Waals surface area contributed by atoms with E-state index in [2.05, 4.69) is 30.4 Å². The fraction of sp³-hybridized carbons (Fsp3) is 0.818. The molecule has 0 aromatic rings. The lowest BCUT2D eigenvalue weighted by Crippen LogP contribution is -2.51. The number of nitrogens with zero attached hydrogens (tertiary/aromatic N) is 1. The number of carbonyl (C=O) groups excluding carboxylic acids is 2. The quantitative estimate of drug-likeness (QED) is 0.362. The highest BCUT2D eigenvalue weighted by Crippen LogP contribution is 2.66. The third-order valence-electron chi connectivity index (χ3n) is 11.9. The van der Waals surface area contributed by atoms with Gasteiger partial charge in [-0.25, -0.2) is 0 Å². The van der Waals surface area contributed by atoms with Gasteiger partial charge in [0.05, 0.1) is 17.7 Å². The number of oxime groups is 1. The number of hydrogen-bond donors (Lipinski definition) is 2. The summed E-state index contributed by atoms with van der Waals surface area (Å²) in [5.41, 5.74) is 2.35. The number of hydrogen-bond acceptors (Lipinski definition) is 6. The molecule has 5 rings (SSSR count). The topological polar surface area (TPSA) is 114 Å². The summed E-state index contributed by atoms with van der Waals surface area (Å²) in [6.45, 7) is 11.0. The number of allylic oxidation sites excluding steroid dienone is 2. The summed E-state index contributed by atoms with van der Waals surface area (Å²) < 4.78 is 5.78. The Labute approximate surface area is 245 Å². The molecule has 1 saturated heterocycles. The van der Waals surface area contributed by atoms with Crippen LogP contribution in [0.4, 0.5) is 0 Å². The molecule has 2 N–H and O–H groups in total. The zero-order valence-corrected chi connectivity index (χ0v) is 25.7. The molecule has 0 radical (unpaired) electrons. The minimum Gasteiger partial charge on any atom is -0.481 e. The van der Waals surface area contributed by atoms with Crippen molar-refractivity contribution in [1.82, 2.24) is 5.32 Å². The first-order valence-corrected chi connectivity index (χ1v) is 15.9. The molecule has 3 saturated carbocycles. The predicted molar refractivity (Wildman–Crippen MR) is 156 cm³/mol. The van der Waals surface area contributed by atoms with Gasteiger partial charge >= 0.3 is 5.97 Å². The molecule has 4 aliphatic carbocycles. The Morgan fingerprint density at radius 2 is 1.85 bits per heavy atom. The fourth-order valence-electron chi connectivity index (χ4n) is 9.88. The maximum Gasteiger partial charge on any atom is 0.305 e. The van der Waals surface area contributed by atoms with Gasteiger partial charge in [0, 0.05) is 18.6 Å². The fourth-order valence-corrected chi connectivity index (χ4v) is 9.88. The molecule has 0 aromatic carbocycles. The van der Waals surface area contributed by atoms with Crippen LogP contribution in [0, 0.1) is 40.4 Å². The van der Waals surface area contributed by atoms with E-state index in [9.17, 15) is 19.5 Å². The van der Waals surface area contributed by atoms with E-state index in [0.29, 0.717) is 36.6 Å². The molecule has 1 aliphatic heterocycles. The molecule has 0 bridgehead atoms. The second-order valence-corrected chi connectivity index (χ2v) is 14.8. The standard InChI is InChI=1S/C33H50N2O6/c1-20(36)25-8-9-26-24-7-6-22-16-23(10-13-32(22,4)27(24)11-14-33(25,26)5)35-41-19-29(37)34-28(17-30(38)39)21-12-15-40-31(2,3)18-21/h16,21,24-28H,6-15,17-19H2,1-5H3,(H,34,37)(H,38,39)/b35-23-/t21-,24-,25+,26+,27-,28+,32+,33-/m1/s1. The Hall–Kier alpha value is -2.22. The average Bonchev–Trinajstić information content (AvgIpc) is 3.25. The van der Waals surface area contributed by atoms with Crippen LogP contribution in [-0.2, 0) is 24.0 Å². The Morgan fingerprint density at radius 3 is 2.56 bits per heavy atom. The van der Waals surface area contributed by atoms with Crippen LogP contribution in [0.25, 0.3) is 0 Å². The largest absolute Gasteiger partial charge is 0.481 e. The van der Waals surface area contributed by atoms with Crippen molar-refractivity contribution < 1.29 is 29.1 Å². The zero-order chi connectivity index (χ0) is 29.6. The van der Waals surface area contributed by atoms with Crippen LogP contribution in [0.1, 0.15) is 105 Å². The number of carboxylic acids is 1. The Balaban J connectivity index is 1.19. The molecule has 5 aliphatic rings. The molecule has 228 valence electrons. The lowest BCUT2D eigenvalue weighted by molar-refractivity contribution is -0.140. The summed E-state index contributed by atoms with van der Waals surface area (Å²) in [6.07, 6.45) is 12.2. The number of rotatable bonds is 8. The molecule has 8 nitrogen and oxygen atoms in total. The van der Waals surface area contributed by atoms with E-state index in [1.807, 2.05) is 13.8 Å². The van der Waals surface area contributed by atoms with Crippen LogP contribution in [-0.4, -0.2) is 53.3 Å². The number of ether oxygens (including phenoxy) is 1. The second-order valence-electron chi connectivity index (χ2n) is 14.8. The van der Waals surface area contributed by atoms with E-state index in [1.54, 1.807) is 6.92 Å². The van der Waals surface area contributed by atoms with Crippen LogP contribution >= 0.6 is 0 Å². The molecular formula is C33H50N2O6. The summed E-state index contributed by atoms with van der Waals surface area (Å²) in [6, 6.07) is -0.463. The first-order chi connectivity index (χ1) is 19.3. The minimum atomic E-state index is -0.929. The Bertz CT molecular complexity index is 1110. The summed E-state index contributed by atoms with van der Waals surface area (Å²) in [4.78, 5) is 42.2. The van der Waals surface area contributed by atoms with Crippen molar-refractivity contribution in [2.24, 2.45) is 45.6 Å². The number of ketones is 1. The second kappa shape index (κ2) is 11.5. The van der Waals surface area contributed by atoms with Gasteiger partial charge in [-0.15, -0.1) is 0 Å². The van der Waals surface area contributed by atoms with Gasteiger partial charge in [-0.05, 0) is 126 Å².